The molecule has 0 spiro atoms. The van der Waals surface area contributed by atoms with E-state index < -0.39 is 11.9 Å². The zero-order chi connectivity index (χ0) is 42.7. The summed E-state index contributed by atoms with van der Waals surface area (Å²) in [7, 11) is 0. The largest absolute Gasteiger partial charge is 0.353 e. The highest BCUT2D eigenvalue weighted by molar-refractivity contribution is 6.10. The van der Waals surface area contributed by atoms with Gasteiger partial charge in [0, 0.05) is 74.0 Å². The molecule has 0 saturated carbocycles. The van der Waals surface area contributed by atoms with Crippen LogP contribution in [-0.4, -0.2) is 103 Å². The number of nitrogens with zero attached hydrogens (tertiary/aromatic N) is 8. The average molecular weight is 830 g/mol. The van der Waals surface area contributed by atoms with E-state index in [0.717, 1.165) is 72.6 Å². The number of benzene rings is 3. The summed E-state index contributed by atoms with van der Waals surface area (Å²) in [6, 6.07) is 19.4. The number of aryl methyl sites for hydroxylation is 1. The minimum absolute atomic E-state index is 0.169. The van der Waals surface area contributed by atoms with Crippen LogP contribution in [-0.2, 0) is 20.9 Å². The van der Waals surface area contributed by atoms with Gasteiger partial charge in [-0.1, -0.05) is 24.1 Å². The first-order chi connectivity index (χ1) is 30.2. The Hall–Kier alpha value is -7.51. The Bertz CT molecular complexity index is 2840. The smallest absolute Gasteiger partial charge is 0.257 e. The molecular formula is C46H43N11O5. The van der Waals surface area contributed by atoms with E-state index >= 15 is 0 Å². The molecule has 5 amide bonds. The topological polar surface area (TPSA) is 187 Å². The number of amides is 5. The molecule has 6 aromatic rings. The van der Waals surface area contributed by atoms with E-state index in [1.807, 2.05) is 49.4 Å². The lowest BCUT2D eigenvalue weighted by Gasteiger charge is -2.35. The van der Waals surface area contributed by atoms with Gasteiger partial charge in [-0.05, 0) is 98.3 Å². The van der Waals surface area contributed by atoms with Gasteiger partial charge in [-0.2, -0.15) is 5.10 Å². The predicted octanol–water partition coefficient (Wildman–Crippen LogP) is 4.33. The quantitative estimate of drug-likeness (QED) is 0.101. The Kier molecular flexibility index (Phi) is 11.1. The van der Waals surface area contributed by atoms with Gasteiger partial charge < -0.3 is 20.4 Å². The van der Waals surface area contributed by atoms with Crippen molar-refractivity contribution in [1.29, 1.82) is 0 Å². The average Bonchev–Trinajstić information content (AvgIpc) is 3.85. The number of piperazine rings is 1. The molecule has 0 radical (unpaired) electrons. The van der Waals surface area contributed by atoms with E-state index in [2.05, 4.69) is 57.6 Å². The van der Waals surface area contributed by atoms with Crippen LogP contribution in [0, 0.1) is 18.8 Å². The van der Waals surface area contributed by atoms with Crippen molar-refractivity contribution in [3.8, 4) is 11.8 Å². The second-order valence-corrected chi connectivity index (χ2v) is 15.7. The number of anilines is 3. The number of imidazole rings is 1. The summed E-state index contributed by atoms with van der Waals surface area (Å²) < 4.78 is 1.68. The fraction of sp³-hybridized carbons (Fsp3) is 0.283. The van der Waals surface area contributed by atoms with E-state index in [1.165, 1.54) is 4.90 Å². The third-order valence-corrected chi connectivity index (χ3v) is 11.6. The van der Waals surface area contributed by atoms with Crippen molar-refractivity contribution in [2.75, 3.05) is 48.3 Å². The van der Waals surface area contributed by atoms with Gasteiger partial charge in [0.15, 0.2) is 5.65 Å². The zero-order valence-corrected chi connectivity index (χ0v) is 34.1. The second kappa shape index (κ2) is 17.2. The lowest BCUT2D eigenvalue weighted by atomic mass is 10.0. The molecule has 0 bridgehead atoms. The van der Waals surface area contributed by atoms with Crippen molar-refractivity contribution >= 4 is 63.3 Å². The number of carbonyl (C=O) groups is 5. The van der Waals surface area contributed by atoms with Crippen molar-refractivity contribution in [2.45, 2.75) is 51.6 Å². The van der Waals surface area contributed by atoms with Gasteiger partial charge in [-0.3, -0.25) is 34.2 Å². The molecule has 9 rings (SSSR count). The number of carbonyl (C=O) groups excluding carboxylic acids is 5. The van der Waals surface area contributed by atoms with Crippen molar-refractivity contribution in [3.63, 3.8) is 0 Å². The van der Waals surface area contributed by atoms with Crippen LogP contribution in [0.4, 0.5) is 17.2 Å². The Labute approximate surface area is 356 Å². The van der Waals surface area contributed by atoms with E-state index in [4.69, 9.17) is 0 Å². The number of rotatable bonds is 10. The molecule has 0 aliphatic carbocycles. The van der Waals surface area contributed by atoms with Crippen LogP contribution in [0.3, 0.4) is 0 Å². The summed E-state index contributed by atoms with van der Waals surface area (Å²) in [5.74, 6) is 5.61. The van der Waals surface area contributed by atoms with E-state index in [-0.39, 0.29) is 43.0 Å². The molecule has 62 heavy (non-hydrogen) atoms. The monoisotopic (exact) mass is 829 g/mol. The Morgan fingerprint density at radius 3 is 2.63 bits per heavy atom. The number of hydrogen-bond acceptors (Lipinski definition) is 11. The number of fused-ring (bicyclic) bond motifs is 3. The number of nitrogens with one attached hydrogen (secondary N) is 3. The maximum absolute atomic E-state index is 13.4. The second-order valence-electron chi connectivity index (χ2n) is 15.7. The van der Waals surface area contributed by atoms with Crippen LogP contribution in [0.5, 0.6) is 0 Å². The third kappa shape index (κ3) is 8.30. The van der Waals surface area contributed by atoms with E-state index in [1.54, 1.807) is 47.5 Å². The van der Waals surface area contributed by atoms with Crippen LogP contribution in [0.2, 0.25) is 0 Å². The molecule has 16 nitrogen and oxygen atoms in total. The first-order valence-electron chi connectivity index (χ1n) is 20.7. The van der Waals surface area contributed by atoms with Crippen LogP contribution < -0.4 is 20.9 Å². The van der Waals surface area contributed by atoms with Gasteiger partial charge >= 0.3 is 0 Å². The number of hydrogen-bond donors (Lipinski definition) is 3. The van der Waals surface area contributed by atoms with E-state index in [9.17, 15) is 24.0 Å². The Balaban J connectivity index is 0.749. The van der Waals surface area contributed by atoms with Crippen LogP contribution in [0.15, 0.2) is 85.5 Å². The van der Waals surface area contributed by atoms with Gasteiger partial charge in [-0.15, -0.1) is 0 Å². The molecule has 3 aromatic carbocycles. The highest BCUT2D eigenvalue weighted by Gasteiger charge is 2.40. The van der Waals surface area contributed by atoms with Crippen LogP contribution in [0.1, 0.15) is 75.2 Å². The molecule has 6 heterocycles. The zero-order valence-electron chi connectivity index (χ0n) is 34.1. The third-order valence-electron chi connectivity index (χ3n) is 11.6. The fourth-order valence-electron chi connectivity index (χ4n) is 8.26. The minimum Gasteiger partial charge on any atom is -0.353 e. The maximum Gasteiger partial charge on any atom is 0.257 e. The minimum atomic E-state index is -0.713. The molecule has 3 aliphatic heterocycles. The van der Waals surface area contributed by atoms with Gasteiger partial charge in [0.05, 0.1) is 23.0 Å². The first-order valence-corrected chi connectivity index (χ1v) is 20.7. The maximum atomic E-state index is 13.4. The number of unbranched alkanes of at least 4 members (excludes halogenated alkanes) is 1. The Morgan fingerprint density at radius 2 is 1.77 bits per heavy atom. The summed E-state index contributed by atoms with van der Waals surface area (Å²) in [5.41, 5.74) is 6.46. The molecule has 3 aliphatic rings. The molecule has 312 valence electrons. The molecule has 3 N–H and O–H groups in total. The predicted molar refractivity (Wildman–Crippen MR) is 231 cm³/mol. The molecule has 1 atom stereocenters. The molecule has 2 saturated heterocycles. The number of piperidine rings is 1. The SMILES string of the molecule is Cc1ccc(C(=O)Nc2ccc3c(N4CCN(CCCCC(=O)Nc5cccc6c5C(=O)N(C5CCC(=O)NC5=O)C6)CC4)ncnc3c2)cc1C#Cc1cnc2cccnn12. The van der Waals surface area contributed by atoms with Crippen molar-refractivity contribution in [1.82, 2.24) is 39.7 Å². The van der Waals surface area contributed by atoms with Crippen molar-refractivity contribution in [2.24, 2.45) is 0 Å². The molecule has 1 unspecified atom stereocenters. The Morgan fingerprint density at radius 1 is 0.903 bits per heavy atom. The summed E-state index contributed by atoms with van der Waals surface area (Å²) in [6.45, 7) is 6.30. The first kappa shape index (κ1) is 39.9. The lowest BCUT2D eigenvalue weighted by Crippen LogP contribution is -2.52. The van der Waals surface area contributed by atoms with Crippen LogP contribution in [0.25, 0.3) is 16.6 Å². The highest BCUT2D eigenvalue weighted by atomic mass is 16.2. The molecule has 16 heteroatoms. The van der Waals surface area contributed by atoms with Gasteiger partial charge in [0.25, 0.3) is 11.8 Å². The van der Waals surface area contributed by atoms with E-state index in [0.29, 0.717) is 46.7 Å². The molecule has 2 fully saturated rings. The molecule has 3 aromatic heterocycles. The number of imide groups is 1. The fourth-order valence-corrected chi connectivity index (χ4v) is 8.26. The molecular weight excluding hydrogens is 787 g/mol. The summed E-state index contributed by atoms with van der Waals surface area (Å²) in [5, 5.41) is 13.5. The lowest BCUT2D eigenvalue weighted by molar-refractivity contribution is -0.137. The van der Waals surface area contributed by atoms with Gasteiger partial charge in [-0.25, -0.2) is 19.5 Å². The van der Waals surface area contributed by atoms with Crippen molar-refractivity contribution < 1.29 is 24.0 Å². The summed E-state index contributed by atoms with van der Waals surface area (Å²) >= 11 is 0. The highest BCUT2D eigenvalue weighted by Crippen LogP contribution is 2.33. The standard InChI is InChI=1S/C46H43N11O5/c1-29-10-11-31(24-30(29)12-14-34-26-47-39-8-5-18-50-57(34)39)44(60)51-33-13-15-35-37(25-33)48-28-49-43(35)55-22-20-54(21-23-55)19-3-2-9-40(58)52-36-7-4-6-32-27-56(46(62)42(32)36)38-16-17-41(59)53-45(38)61/h4-8,10-11,13,15,18,24-26,28,38H,2-3,9,16-17,19-23,27H2,1H3,(H,51,60)(H,52,58)(H,53,59,61). The van der Waals surface area contributed by atoms with Crippen molar-refractivity contribution in [3.05, 3.63) is 119 Å². The summed E-state index contributed by atoms with van der Waals surface area (Å²) in [6.07, 6.45) is 7.22. The normalized spacial score (nSPS) is 16.5. The van der Waals surface area contributed by atoms with Gasteiger partial charge in [0.1, 0.15) is 23.9 Å². The summed E-state index contributed by atoms with van der Waals surface area (Å²) in [4.78, 5) is 83.5. The van der Waals surface area contributed by atoms with Crippen LogP contribution >= 0.6 is 0 Å². The van der Waals surface area contributed by atoms with Gasteiger partial charge in [0.2, 0.25) is 17.7 Å². The number of aromatic nitrogens is 5.